The number of hydrogen-bond acceptors (Lipinski definition) is 18. The molecule has 0 spiro atoms. The van der Waals surface area contributed by atoms with Crippen molar-refractivity contribution in [1.82, 2.24) is 10.6 Å². The van der Waals surface area contributed by atoms with Crippen molar-refractivity contribution < 1.29 is 89.1 Å². The van der Waals surface area contributed by atoms with Gasteiger partial charge >= 0.3 is 0 Å². The first kappa shape index (κ1) is 68.3. The standard InChI is InChI=1S/C56H104N2O18/c1-4-6-8-10-12-14-16-18-19-21-23-25-27-29-31-33-44(64)58-39(40(63)32-30-28-26-24-22-20-17-15-13-11-9-7-5-2)37-71-55-50(69)48(67)53(42(35-60)73-55)76-56-51(70)49(68)52(43(36-61)74-56)75-54-45(57-38(3)62)47(66)46(65)41(34-59)72-54/h30,32,39-43,45-56,59-61,63,65-70H,4-29,31,33-37H2,1-3H3,(H,57,62)(H,58,64)/b32-30+/t39-,40+,41+,42+,43+,45+,46-,47+,48+,49+,50+,51+,52-,53+,54-,55-,56-/m0/s1. The lowest BCUT2D eigenvalue weighted by molar-refractivity contribution is -0.374. The minimum atomic E-state index is -1.99. The van der Waals surface area contributed by atoms with E-state index in [1.165, 1.54) is 122 Å². The van der Waals surface area contributed by atoms with Crippen LogP contribution < -0.4 is 10.6 Å². The zero-order valence-corrected chi connectivity index (χ0v) is 46.3. The minimum absolute atomic E-state index is 0.244. The normalized spacial score (nSPS) is 30.9. The number of carbonyl (C=O) groups is 2. The largest absolute Gasteiger partial charge is 0.394 e. The van der Waals surface area contributed by atoms with Gasteiger partial charge in [0.1, 0.15) is 73.2 Å². The summed E-state index contributed by atoms with van der Waals surface area (Å²) < 4.78 is 34.8. The number of aliphatic hydroxyl groups is 10. The molecule has 3 aliphatic rings. The van der Waals surface area contributed by atoms with E-state index in [-0.39, 0.29) is 18.9 Å². The molecular weight excluding hydrogens is 989 g/mol. The average Bonchev–Trinajstić information content (AvgIpc) is 3.41. The second kappa shape index (κ2) is 40.3. The quantitative estimate of drug-likeness (QED) is 0.0304. The maximum Gasteiger partial charge on any atom is 0.220 e. The van der Waals surface area contributed by atoms with Gasteiger partial charge in [-0.2, -0.15) is 0 Å². The first-order chi connectivity index (χ1) is 36.7. The van der Waals surface area contributed by atoms with Gasteiger partial charge in [0.2, 0.25) is 11.8 Å². The predicted octanol–water partition coefficient (Wildman–Crippen LogP) is 3.96. The fourth-order valence-electron chi connectivity index (χ4n) is 10.2. The Kier molecular flexibility index (Phi) is 36.2. The van der Waals surface area contributed by atoms with Gasteiger partial charge in [0.25, 0.3) is 0 Å². The van der Waals surface area contributed by atoms with E-state index in [1.807, 2.05) is 6.08 Å². The van der Waals surface area contributed by atoms with Crippen molar-refractivity contribution in [3.8, 4) is 0 Å². The van der Waals surface area contributed by atoms with Gasteiger partial charge in [0, 0.05) is 13.3 Å². The highest BCUT2D eigenvalue weighted by molar-refractivity contribution is 5.76. The highest BCUT2D eigenvalue weighted by Crippen LogP contribution is 2.33. The van der Waals surface area contributed by atoms with Gasteiger partial charge in [-0.3, -0.25) is 9.59 Å². The third kappa shape index (κ3) is 24.8. The van der Waals surface area contributed by atoms with Gasteiger partial charge in [0.05, 0.1) is 38.6 Å². The molecule has 3 saturated heterocycles. The highest BCUT2D eigenvalue weighted by atomic mass is 16.8. The van der Waals surface area contributed by atoms with Crippen LogP contribution in [-0.2, 0) is 38.0 Å². The van der Waals surface area contributed by atoms with Crippen LogP contribution in [0.2, 0.25) is 0 Å². The van der Waals surface area contributed by atoms with E-state index in [9.17, 15) is 60.7 Å². The van der Waals surface area contributed by atoms with Crippen molar-refractivity contribution in [2.75, 3.05) is 26.4 Å². The molecule has 0 radical (unpaired) electrons. The topological polar surface area (TPSA) is 316 Å². The number of amides is 2. The summed E-state index contributed by atoms with van der Waals surface area (Å²) in [5, 5.41) is 113. The molecule has 0 bridgehead atoms. The molecular formula is C56H104N2O18. The summed E-state index contributed by atoms with van der Waals surface area (Å²) in [6.45, 7) is 2.82. The van der Waals surface area contributed by atoms with Crippen LogP contribution in [0.15, 0.2) is 12.2 Å². The van der Waals surface area contributed by atoms with Crippen molar-refractivity contribution in [3.63, 3.8) is 0 Å². The number of hydrogen-bond donors (Lipinski definition) is 12. The Labute approximate surface area is 453 Å². The molecule has 20 nitrogen and oxygen atoms in total. The van der Waals surface area contributed by atoms with Gasteiger partial charge < -0.3 is 90.1 Å². The first-order valence-electron chi connectivity index (χ1n) is 29.4. The lowest BCUT2D eigenvalue weighted by atomic mass is 9.95. The number of ether oxygens (including phenoxy) is 6. The Bertz CT molecular complexity index is 1520. The molecule has 76 heavy (non-hydrogen) atoms. The lowest BCUT2D eigenvalue weighted by Crippen LogP contribution is -2.68. The van der Waals surface area contributed by atoms with Gasteiger partial charge in [0.15, 0.2) is 18.9 Å². The van der Waals surface area contributed by atoms with Crippen molar-refractivity contribution >= 4 is 11.8 Å². The second-order valence-electron chi connectivity index (χ2n) is 21.5. The van der Waals surface area contributed by atoms with E-state index in [0.29, 0.717) is 6.42 Å². The number of unbranched alkanes of at least 4 members (excludes halogenated alkanes) is 25. The van der Waals surface area contributed by atoms with Crippen LogP contribution in [0, 0.1) is 0 Å². The number of carbonyl (C=O) groups excluding carboxylic acids is 2. The zero-order chi connectivity index (χ0) is 55.7. The molecule has 3 fully saturated rings. The molecule has 2 amide bonds. The Morgan fingerprint density at radius 2 is 0.921 bits per heavy atom. The average molecular weight is 1090 g/mol. The molecule has 0 aromatic rings. The maximum atomic E-state index is 13.3. The number of nitrogens with one attached hydrogen (secondary N) is 2. The van der Waals surface area contributed by atoms with Gasteiger partial charge in [-0.25, -0.2) is 0 Å². The first-order valence-corrected chi connectivity index (χ1v) is 29.4. The van der Waals surface area contributed by atoms with Crippen LogP contribution in [0.4, 0.5) is 0 Å². The Morgan fingerprint density at radius 3 is 1.38 bits per heavy atom. The Balaban J connectivity index is 1.56. The molecule has 3 heterocycles. The number of rotatable bonds is 42. The molecule has 0 aromatic carbocycles. The van der Waals surface area contributed by atoms with Crippen LogP contribution in [0.3, 0.4) is 0 Å². The summed E-state index contributed by atoms with van der Waals surface area (Å²) in [5.74, 6) is -0.924. The second-order valence-corrected chi connectivity index (χ2v) is 21.5. The third-order valence-corrected chi connectivity index (χ3v) is 15.0. The zero-order valence-electron chi connectivity index (χ0n) is 46.3. The van der Waals surface area contributed by atoms with E-state index in [2.05, 4.69) is 24.5 Å². The Hall–Kier alpha value is -1.96. The van der Waals surface area contributed by atoms with Crippen molar-refractivity contribution in [3.05, 3.63) is 12.2 Å². The van der Waals surface area contributed by atoms with Gasteiger partial charge in [-0.1, -0.05) is 180 Å². The SMILES string of the molecule is CCCCCCCCCCCCC/C=C/[C@@H](O)[C@H](CO[C@H]1O[C@H](CO)[C@@H](O[C@@H]2O[C@H](CO)[C@H](O[C@@H]3O[C@H](CO)[C@H](O)[C@H](O)[C@H]3NC(C)=O)[C@H](O)[C@H]2O)[C@H](O)[C@H]1O)NC(=O)CCCCCCCCCCCCCCCCC. The van der Waals surface area contributed by atoms with Crippen LogP contribution in [0.5, 0.6) is 0 Å². The van der Waals surface area contributed by atoms with E-state index in [0.717, 1.165) is 51.9 Å². The van der Waals surface area contributed by atoms with E-state index >= 15 is 0 Å². The molecule has 3 aliphatic heterocycles. The van der Waals surface area contributed by atoms with Crippen LogP contribution >= 0.6 is 0 Å². The molecule has 0 aliphatic carbocycles. The smallest absolute Gasteiger partial charge is 0.220 e. The molecule has 0 unspecified atom stereocenters. The molecule has 17 atom stereocenters. The molecule has 3 rings (SSSR count). The monoisotopic (exact) mass is 1090 g/mol. The van der Waals surface area contributed by atoms with Crippen LogP contribution in [0.1, 0.15) is 201 Å². The third-order valence-electron chi connectivity index (χ3n) is 15.0. The molecule has 0 aromatic heterocycles. The minimum Gasteiger partial charge on any atom is -0.394 e. The summed E-state index contributed by atoms with van der Waals surface area (Å²) >= 11 is 0. The summed E-state index contributed by atoms with van der Waals surface area (Å²) in [6, 6.07) is -2.40. The summed E-state index contributed by atoms with van der Waals surface area (Å²) in [4.78, 5) is 25.3. The Morgan fingerprint density at radius 1 is 0.513 bits per heavy atom. The molecule has 446 valence electrons. The molecule has 12 N–H and O–H groups in total. The maximum absolute atomic E-state index is 13.3. The fourth-order valence-corrected chi connectivity index (χ4v) is 10.2. The van der Waals surface area contributed by atoms with E-state index in [1.54, 1.807) is 6.08 Å². The number of aliphatic hydroxyl groups excluding tert-OH is 10. The van der Waals surface area contributed by atoms with Gasteiger partial charge in [-0.05, 0) is 19.3 Å². The summed E-state index contributed by atoms with van der Waals surface area (Å²) in [7, 11) is 0. The van der Waals surface area contributed by atoms with Crippen LogP contribution in [0.25, 0.3) is 0 Å². The summed E-state index contributed by atoms with van der Waals surface area (Å²) in [6.07, 6.45) is 11.1. The lowest BCUT2D eigenvalue weighted by Gasteiger charge is -2.48. The highest BCUT2D eigenvalue weighted by Gasteiger charge is 2.54. The van der Waals surface area contributed by atoms with Crippen molar-refractivity contribution in [2.24, 2.45) is 0 Å². The van der Waals surface area contributed by atoms with Crippen molar-refractivity contribution in [2.45, 2.75) is 305 Å². The van der Waals surface area contributed by atoms with Crippen LogP contribution in [-0.4, -0.2) is 194 Å². The predicted molar refractivity (Wildman–Crippen MR) is 284 cm³/mol. The van der Waals surface area contributed by atoms with E-state index < -0.39 is 130 Å². The van der Waals surface area contributed by atoms with Gasteiger partial charge in [-0.15, -0.1) is 0 Å². The van der Waals surface area contributed by atoms with E-state index in [4.69, 9.17) is 28.4 Å². The molecule has 0 saturated carbocycles. The molecule has 20 heteroatoms. The summed E-state index contributed by atoms with van der Waals surface area (Å²) in [5.41, 5.74) is 0. The fraction of sp³-hybridized carbons (Fsp3) is 0.929. The number of allylic oxidation sites excluding steroid dienone is 1. The van der Waals surface area contributed by atoms with Crippen molar-refractivity contribution in [1.29, 1.82) is 0 Å².